The lowest BCUT2D eigenvalue weighted by Crippen LogP contribution is -2.18. The van der Waals surface area contributed by atoms with Crippen molar-refractivity contribution in [1.29, 1.82) is 0 Å². The third kappa shape index (κ3) is 3.61. The predicted molar refractivity (Wildman–Crippen MR) is 71.0 cm³/mol. The summed E-state index contributed by atoms with van der Waals surface area (Å²) in [6.07, 6.45) is 2.21. The smallest absolute Gasteiger partial charge is 0.250 e. The van der Waals surface area contributed by atoms with Gasteiger partial charge < -0.3 is 15.4 Å². The lowest BCUT2D eigenvalue weighted by atomic mass is 10.0. The summed E-state index contributed by atoms with van der Waals surface area (Å²) in [5.41, 5.74) is 3.28. The van der Waals surface area contributed by atoms with Gasteiger partial charge in [-0.3, -0.25) is 4.79 Å². The van der Waals surface area contributed by atoms with Crippen LogP contribution in [0.2, 0.25) is 0 Å². The van der Waals surface area contributed by atoms with E-state index in [4.69, 9.17) is 4.74 Å². The second kappa shape index (κ2) is 6.47. The van der Waals surface area contributed by atoms with E-state index in [0.717, 1.165) is 25.1 Å². The number of ether oxygens (including phenoxy) is 1. The molecule has 0 spiro atoms. The van der Waals surface area contributed by atoms with Gasteiger partial charge in [0.05, 0.1) is 0 Å². The minimum absolute atomic E-state index is 0. The lowest BCUT2D eigenvalue weighted by molar-refractivity contribution is -0.119. The van der Waals surface area contributed by atoms with Crippen molar-refractivity contribution in [2.75, 3.05) is 30.9 Å². The van der Waals surface area contributed by atoms with Crippen LogP contribution >= 0.6 is 12.4 Å². The van der Waals surface area contributed by atoms with Gasteiger partial charge in [-0.05, 0) is 36.6 Å². The minimum atomic E-state index is -0.119. The van der Waals surface area contributed by atoms with Crippen LogP contribution < -0.4 is 10.6 Å². The number of hydrogen-bond acceptors (Lipinski definition) is 3. The van der Waals surface area contributed by atoms with Crippen molar-refractivity contribution >= 4 is 29.7 Å². The molecule has 0 aliphatic carbocycles. The van der Waals surface area contributed by atoms with Crippen LogP contribution in [-0.2, 0) is 16.0 Å². The molecule has 0 saturated heterocycles. The molecule has 1 aromatic carbocycles. The Bertz CT molecular complexity index is 396. The standard InChI is InChI=1S/C12H16N2O2.ClH/c1-16-8-12(15)14-10-4-5-11-9(7-10)3-2-6-13-11;/h4-5,7,13H,2-3,6,8H2,1H3,(H,14,15);1H. The number of halogens is 1. The second-order valence-corrected chi connectivity index (χ2v) is 3.88. The van der Waals surface area contributed by atoms with Crippen LogP contribution in [0.3, 0.4) is 0 Å². The largest absolute Gasteiger partial charge is 0.385 e. The van der Waals surface area contributed by atoms with Gasteiger partial charge in [0.25, 0.3) is 0 Å². The van der Waals surface area contributed by atoms with Gasteiger partial charge in [0.15, 0.2) is 0 Å². The fourth-order valence-electron chi connectivity index (χ4n) is 1.88. The zero-order valence-corrected chi connectivity index (χ0v) is 10.6. The molecule has 1 aliphatic rings. The van der Waals surface area contributed by atoms with Crippen molar-refractivity contribution in [2.45, 2.75) is 12.8 Å². The number of methoxy groups -OCH3 is 1. The van der Waals surface area contributed by atoms with E-state index >= 15 is 0 Å². The molecule has 2 rings (SSSR count). The van der Waals surface area contributed by atoms with E-state index in [0.29, 0.717) is 0 Å². The van der Waals surface area contributed by atoms with Crippen molar-refractivity contribution in [1.82, 2.24) is 0 Å². The number of carbonyl (C=O) groups excluding carboxylic acids is 1. The van der Waals surface area contributed by atoms with E-state index < -0.39 is 0 Å². The van der Waals surface area contributed by atoms with Gasteiger partial charge in [0, 0.05) is 25.0 Å². The highest BCUT2D eigenvalue weighted by atomic mass is 35.5. The fourth-order valence-corrected chi connectivity index (χ4v) is 1.88. The zero-order valence-electron chi connectivity index (χ0n) is 9.79. The average molecular weight is 257 g/mol. The Balaban J connectivity index is 0.00000144. The summed E-state index contributed by atoms with van der Waals surface area (Å²) in [5, 5.41) is 6.13. The van der Waals surface area contributed by atoms with Gasteiger partial charge in [-0.15, -0.1) is 12.4 Å². The molecule has 94 valence electrons. The predicted octanol–water partition coefficient (Wildman–Crippen LogP) is 2.05. The van der Waals surface area contributed by atoms with Gasteiger partial charge in [-0.1, -0.05) is 0 Å². The Morgan fingerprint density at radius 3 is 3.12 bits per heavy atom. The number of aryl methyl sites for hydroxylation is 1. The normalized spacial score (nSPS) is 13.0. The van der Waals surface area contributed by atoms with Gasteiger partial charge in [-0.2, -0.15) is 0 Å². The van der Waals surface area contributed by atoms with Crippen LogP contribution in [0.25, 0.3) is 0 Å². The van der Waals surface area contributed by atoms with E-state index in [-0.39, 0.29) is 24.9 Å². The summed E-state index contributed by atoms with van der Waals surface area (Å²) in [5.74, 6) is -0.119. The summed E-state index contributed by atoms with van der Waals surface area (Å²) in [6, 6.07) is 5.94. The Morgan fingerprint density at radius 2 is 2.35 bits per heavy atom. The topological polar surface area (TPSA) is 50.4 Å². The molecule has 0 atom stereocenters. The van der Waals surface area contributed by atoms with Crippen LogP contribution in [0.4, 0.5) is 11.4 Å². The molecule has 1 aliphatic heterocycles. The lowest BCUT2D eigenvalue weighted by Gasteiger charge is -2.18. The number of rotatable bonds is 3. The number of benzene rings is 1. The average Bonchev–Trinajstić information content (AvgIpc) is 2.29. The summed E-state index contributed by atoms with van der Waals surface area (Å²) in [6.45, 7) is 1.12. The van der Waals surface area contributed by atoms with Crippen molar-refractivity contribution in [3.63, 3.8) is 0 Å². The van der Waals surface area contributed by atoms with Crippen molar-refractivity contribution < 1.29 is 9.53 Å². The van der Waals surface area contributed by atoms with E-state index in [2.05, 4.69) is 10.6 Å². The zero-order chi connectivity index (χ0) is 11.4. The molecule has 1 amide bonds. The van der Waals surface area contributed by atoms with Crippen LogP contribution in [-0.4, -0.2) is 26.2 Å². The summed E-state index contributed by atoms with van der Waals surface area (Å²) in [4.78, 5) is 11.3. The second-order valence-electron chi connectivity index (χ2n) is 3.88. The molecular weight excluding hydrogens is 240 g/mol. The van der Waals surface area contributed by atoms with Gasteiger partial charge in [0.2, 0.25) is 5.91 Å². The number of fused-ring (bicyclic) bond motifs is 1. The Morgan fingerprint density at radius 1 is 1.53 bits per heavy atom. The third-order valence-corrected chi connectivity index (χ3v) is 2.60. The van der Waals surface area contributed by atoms with Crippen LogP contribution in [0.15, 0.2) is 18.2 Å². The monoisotopic (exact) mass is 256 g/mol. The maximum Gasteiger partial charge on any atom is 0.250 e. The number of hydrogen-bond donors (Lipinski definition) is 2. The fraction of sp³-hybridized carbons (Fsp3) is 0.417. The number of carbonyl (C=O) groups is 1. The number of amides is 1. The Labute approximate surface area is 107 Å². The molecule has 0 unspecified atom stereocenters. The quantitative estimate of drug-likeness (QED) is 0.870. The van der Waals surface area contributed by atoms with E-state index in [1.807, 2.05) is 18.2 Å². The van der Waals surface area contributed by atoms with E-state index in [1.165, 1.54) is 18.4 Å². The molecule has 0 saturated carbocycles. The van der Waals surface area contributed by atoms with Gasteiger partial charge >= 0.3 is 0 Å². The van der Waals surface area contributed by atoms with Crippen LogP contribution in [0.5, 0.6) is 0 Å². The molecule has 4 nitrogen and oxygen atoms in total. The van der Waals surface area contributed by atoms with Crippen LogP contribution in [0.1, 0.15) is 12.0 Å². The molecular formula is C12H17ClN2O2. The molecule has 17 heavy (non-hydrogen) atoms. The maximum atomic E-state index is 11.3. The molecule has 1 aromatic rings. The minimum Gasteiger partial charge on any atom is -0.385 e. The first-order valence-electron chi connectivity index (χ1n) is 5.45. The van der Waals surface area contributed by atoms with Crippen LogP contribution in [0, 0.1) is 0 Å². The van der Waals surface area contributed by atoms with Crippen molar-refractivity contribution in [3.8, 4) is 0 Å². The highest BCUT2D eigenvalue weighted by Crippen LogP contribution is 2.24. The highest BCUT2D eigenvalue weighted by Gasteiger charge is 2.09. The first kappa shape index (κ1) is 13.8. The SMILES string of the molecule is COCC(=O)Nc1ccc2c(c1)CCCN2.Cl. The molecule has 0 bridgehead atoms. The summed E-state index contributed by atoms with van der Waals surface area (Å²) >= 11 is 0. The maximum absolute atomic E-state index is 11.3. The Kier molecular flexibility index (Phi) is 5.25. The summed E-state index contributed by atoms with van der Waals surface area (Å²) < 4.78 is 4.76. The van der Waals surface area contributed by atoms with E-state index in [1.54, 1.807) is 0 Å². The first-order valence-corrected chi connectivity index (χ1v) is 5.45. The van der Waals surface area contributed by atoms with Crippen molar-refractivity contribution in [3.05, 3.63) is 23.8 Å². The molecule has 1 heterocycles. The van der Waals surface area contributed by atoms with Gasteiger partial charge in [0.1, 0.15) is 6.61 Å². The van der Waals surface area contributed by atoms with Gasteiger partial charge in [-0.25, -0.2) is 0 Å². The molecule has 2 N–H and O–H groups in total. The Hall–Kier alpha value is -1.26. The number of anilines is 2. The van der Waals surface area contributed by atoms with Crippen molar-refractivity contribution in [2.24, 2.45) is 0 Å². The molecule has 0 radical (unpaired) electrons. The first-order chi connectivity index (χ1) is 7.79. The number of nitrogens with one attached hydrogen (secondary N) is 2. The third-order valence-electron chi connectivity index (χ3n) is 2.60. The highest BCUT2D eigenvalue weighted by molar-refractivity contribution is 5.92. The summed E-state index contributed by atoms with van der Waals surface area (Å²) in [7, 11) is 1.51. The molecule has 5 heteroatoms. The molecule has 0 aromatic heterocycles. The van der Waals surface area contributed by atoms with E-state index in [9.17, 15) is 4.79 Å². The molecule has 0 fully saturated rings.